The van der Waals surface area contributed by atoms with E-state index in [1.54, 1.807) is 6.07 Å². The van der Waals surface area contributed by atoms with Crippen molar-refractivity contribution >= 4 is 46.4 Å². The first-order chi connectivity index (χ1) is 13.7. The average molecular weight is 455 g/mol. The van der Waals surface area contributed by atoms with Crippen molar-refractivity contribution in [2.45, 2.75) is 32.4 Å². The van der Waals surface area contributed by atoms with Crippen LogP contribution in [0.4, 0.5) is 0 Å². The van der Waals surface area contributed by atoms with E-state index >= 15 is 0 Å². The molecular formula is C23H26Cl3NO2. The van der Waals surface area contributed by atoms with Gasteiger partial charge >= 0.3 is 0 Å². The first-order valence-electron chi connectivity index (χ1n) is 9.58. The Kier molecular flexibility index (Phi) is 10.1. The molecule has 0 bridgehead atoms. The molecule has 0 aromatic heterocycles. The lowest BCUT2D eigenvalue weighted by atomic mass is 10.0. The minimum absolute atomic E-state index is 0. The van der Waals surface area contributed by atoms with Gasteiger partial charge in [0.05, 0.1) is 0 Å². The fourth-order valence-corrected chi connectivity index (χ4v) is 3.64. The third-order valence-corrected chi connectivity index (χ3v) is 5.30. The highest BCUT2D eigenvalue weighted by atomic mass is 35.5. The standard InChI is InChI=1S/C23H25Cl2NO2.ClH/c24-19-10-8-18(22(25)14-19)16-28-23-11-9-17-6-2-3-7-20(17)21(23)15-26-12-4-1-5-13-27;/h2-3,6-11,14,26-27H,1,4-5,12-13,15-16H2;1H. The van der Waals surface area contributed by atoms with E-state index < -0.39 is 0 Å². The molecule has 29 heavy (non-hydrogen) atoms. The maximum atomic E-state index is 8.89. The number of fused-ring (bicyclic) bond motifs is 1. The molecule has 0 amide bonds. The van der Waals surface area contributed by atoms with Gasteiger partial charge in [-0.3, -0.25) is 0 Å². The molecule has 0 aliphatic carbocycles. The third kappa shape index (κ3) is 6.77. The molecule has 0 fully saturated rings. The van der Waals surface area contributed by atoms with E-state index in [1.807, 2.05) is 30.3 Å². The molecule has 0 saturated carbocycles. The number of aliphatic hydroxyl groups is 1. The predicted octanol–water partition coefficient (Wildman–Crippen LogP) is 6.40. The maximum Gasteiger partial charge on any atom is 0.124 e. The van der Waals surface area contributed by atoms with E-state index in [9.17, 15) is 0 Å². The minimum Gasteiger partial charge on any atom is -0.488 e. The van der Waals surface area contributed by atoms with Crippen molar-refractivity contribution in [2.24, 2.45) is 0 Å². The molecular weight excluding hydrogens is 429 g/mol. The van der Waals surface area contributed by atoms with E-state index in [-0.39, 0.29) is 19.0 Å². The lowest BCUT2D eigenvalue weighted by molar-refractivity contribution is 0.282. The van der Waals surface area contributed by atoms with Gasteiger partial charge in [-0.1, -0.05) is 59.6 Å². The topological polar surface area (TPSA) is 41.5 Å². The Labute approximate surface area is 188 Å². The summed E-state index contributed by atoms with van der Waals surface area (Å²) in [5.41, 5.74) is 2.05. The molecule has 0 heterocycles. The number of unbranched alkanes of at least 4 members (excludes halogenated alkanes) is 2. The van der Waals surface area contributed by atoms with Crippen LogP contribution in [0.1, 0.15) is 30.4 Å². The number of benzene rings is 3. The van der Waals surface area contributed by atoms with Crippen molar-refractivity contribution in [1.82, 2.24) is 5.32 Å². The van der Waals surface area contributed by atoms with Gasteiger partial charge in [0.25, 0.3) is 0 Å². The van der Waals surface area contributed by atoms with E-state index in [2.05, 4.69) is 23.5 Å². The maximum absolute atomic E-state index is 8.89. The van der Waals surface area contributed by atoms with Gasteiger partial charge in [-0.2, -0.15) is 0 Å². The van der Waals surface area contributed by atoms with E-state index in [0.717, 1.165) is 49.2 Å². The van der Waals surface area contributed by atoms with Crippen molar-refractivity contribution in [2.75, 3.05) is 13.2 Å². The molecule has 2 N–H and O–H groups in total. The molecule has 156 valence electrons. The van der Waals surface area contributed by atoms with Crippen molar-refractivity contribution in [3.8, 4) is 5.75 Å². The number of hydrogen-bond donors (Lipinski definition) is 2. The molecule has 6 heteroatoms. The predicted molar refractivity (Wildman–Crippen MR) is 125 cm³/mol. The number of ether oxygens (including phenoxy) is 1. The molecule has 3 rings (SSSR count). The Morgan fingerprint density at radius 1 is 0.931 bits per heavy atom. The van der Waals surface area contributed by atoms with Crippen molar-refractivity contribution < 1.29 is 9.84 Å². The SMILES string of the molecule is Cl.OCCCCCNCc1c(OCc2ccc(Cl)cc2Cl)ccc2ccccc12. The second kappa shape index (κ2) is 12.3. The van der Waals surface area contributed by atoms with Crippen molar-refractivity contribution in [3.05, 3.63) is 75.8 Å². The molecule has 3 aromatic rings. The highest BCUT2D eigenvalue weighted by Gasteiger charge is 2.10. The third-order valence-electron chi connectivity index (χ3n) is 4.71. The van der Waals surface area contributed by atoms with Crippen LogP contribution in [0, 0.1) is 0 Å². The summed E-state index contributed by atoms with van der Waals surface area (Å²) in [6.45, 7) is 2.28. The van der Waals surface area contributed by atoms with Crippen LogP contribution < -0.4 is 10.1 Å². The van der Waals surface area contributed by atoms with Gasteiger partial charge in [-0.05, 0) is 54.8 Å². The summed E-state index contributed by atoms with van der Waals surface area (Å²) < 4.78 is 6.15. The fraction of sp³-hybridized carbons (Fsp3) is 0.304. The molecule has 3 nitrogen and oxygen atoms in total. The Balaban J connectivity index is 0.00000300. The Morgan fingerprint density at radius 2 is 1.76 bits per heavy atom. The van der Waals surface area contributed by atoms with Crippen LogP contribution in [-0.2, 0) is 13.2 Å². The lowest BCUT2D eigenvalue weighted by Gasteiger charge is -2.16. The molecule has 0 atom stereocenters. The fourth-order valence-electron chi connectivity index (χ4n) is 3.18. The summed E-state index contributed by atoms with van der Waals surface area (Å²) in [5, 5.41) is 16.0. The van der Waals surface area contributed by atoms with Gasteiger partial charge in [0.15, 0.2) is 0 Å². The molecule has 0 saturated heterocycles. The number of halogens is 3. The minimum atomic E-state index is 0. The van der Waals surface area contributed by atoms with E-state index in [0.29, 0.717) is 16.7 Å². The van der Waals surface area contributed by atoms with Gasteiger partial charge in [0.2, 0.25) is 0 Å². The zero-order valence-corrected chi connectivity index (χ0v) is 18.5. The van der Waals surface area contributed by atoms with E-state index in [4.69, 9.17) is 33.0 Å². The average Bonchev–Trinajstić information content (AvgIpc) is 2.70. The molecule has 3 aromatic carbocycles. The summed E-state index contributed by atoms with van der Waals surface area (Å²) in [4.78, 5) is 0. The van der Waals surface area contributed by atoms with Crippen LogP contribution in [0.2, 0.25) is 10.0 Å². The van der Waals surface area contributed by atoms with Crippen LogP contribution in [0.25, 0.3) is 10.8 Å². The quantitative estimate of drug-likeness (QED) is 0.348. The second-order valence-electron chi connectivity index (χ2n) is 6.75. The van der Waals surface area contributed by atoms with E-state index in [1.165, 1.54) is 10.8 Å². The van der Waals surface area contributed by atoms with Gasteiger partial charge in [-0.25, -0.2) is 0 Å². The normalized spacial score (nSPS) is 10.7. The monoisotopic (exact) mass is 453 g/mol. The summed E-state index contributed by atoms with van der Waals surface area (Å²) >= 11 is 12.3. The van der Waals surface area contributed by atoms with Crippen molar-refractivity contribution in [1.29, 1.82) is 0 Å². The van der Waals surface area contributed by atoms with Gasteiger partial charge < -0.3 is 15.2 Å². The summed E-state index contributed by atoms with van der Waals surface area (Å²) in [7, 11) is 0. The summed E-state index contributed by atoms with van der Waals surface area (Å²) in [6, 6.07) is 17.9. The zero-order chi connectivity index (χ0) is 19.8. The number of nitrogens with one attached hydrogen (secondary N) is 1. The highest BCUT2D eigenvalue weighted by Crippen LogP contribution is 2.30. The number of rotatable bonds is 10. The van der Waals surface area contributed by atoms with Crippen LogP contribution in [0.15, 0.2) is 54.6 Å². The molecule has 0 spiro atoms. The Morgan fingerprint density at radius 3 is 2.55 bits per heavy atom. The zero-order valence-electron chi connectivity index (χ0n) is 16.2. The molecule has 0 radical (unpaired) electrons. The second-order valence-corrected chi connectivity index (χ2v) is 7.59. The highest BCUT2D eigenvalue weighted by molar-refractivity contribution is 6.35. The van der Waals surface area contributed by atoms with Crippen LogP contribution in [0.3, 0.4) is 0 Å². The Hall–Kier alpha value is -1.49. The number of hydrogen-bond acceptors (Lipinski definition) is 3. The lowest BCUT2D eigenvalue weighted by Crippen LogP contribution is -2.16. The smallest absolute Gasteiger partial charge is 0.124 e. The first-order valence-corrected chi connectivity index (χ1v) is 10.3. The first kappa shape index (κ1) is 23.8. The van der Waals surface area contributed by atoms with Gasteiger partial charge in [0, 0.05) is 34.3 Å². The van der Waals surface area contributed by atoms with Crippen LogP contribution >= 0.6 is 35.6 Å². The largest absolute Gasteiger partial charge is 0.488 e. The molecule has 0 unspecified atom stereocenters. The van der Waals surface area contributed by atoms with Crippen molar-refractivity contribution in [3.63, 3.8) is 0 Å². The van der Waals surface area contributed by atoms with Gasteiger partial charge in [-0.15, -0.1) is 12.4 Å². The summed E-state index contributed by atoms with van der Waals surface area (Å²) in [5.74, 6) is 0.854. The summed E-state index contributed by atoms with van der Waals surface area (Å²) in [6.07, 6.45) is 2.92. The van der Waals surface area contributed by atoms with Gasteiger partial charge in [0.1, 0.15) is 12.4 Å². The van der Waals surface area contributed by atoms with Crippen LogP contribution in [0.5, 0.6) is 5.75 Å². The molecule has 0 aliphatic rings. The Bertz CT molecular complexity index is 918. The van der Waals surface area contributed by atoms with Crippen LogP contribution in [-0.4, -0.2) is 18.3 Å². The number of aliphatic hydroxyl groups excluding tert-OH is 1. The molecule has 0 aliphatic heterocycles.